The molecule has 0 spiro atoms. The molecule has 118 valence electrons. The Bertz CT molecular complexity index is 478. The van der Waals surface area contributed by atoms with Crippen LogP contribution in [0.3, 0.4) is 0 Å². The number of aromatic nitrogens is 2. The van der Waals surface area contributed by atoms with E-state index in [2.05, 4.69) is 10.4 Å². The first-order valence-electron chi connectivity index (χ1n) is 8.09. The topological polar surface area (TPSA) is 73.0 Å². The maximum Gasteiger partial charge on any atom is 0.333 e. The Morgan fingerprint density at radius 1 is 1.43 bits per heavy atom. The maximum absolute atomic E-state index is 11.2. The fraction of sp³-hybridized carbons (Fsp3) is 0.800. The van der Waals surface area contributed by atoms with Crippen LogP contribution in [-0.4, -0.2) is 21.2 Å². The van der Waals surface area contributed by atoms with Crippen molar-refractivity contribution < 1.29 is 4.92 Å². The number of anilines is 1. The molecule has 0 aromatic carbocycles. The summed E-state index contributed by atoms with van der Waals surface area (Å²) in [6, 6.07) is 0. The van der Waals surface area contributed by atoms with E-state index in [0.29, 0.717) is 18.1 Å². The van der Waals surface area contributed by atoms with E-state index in [4.69, 9.17) is 0 Å². The highest BCUT2D eigenvalue weighted by atomic mass is 16.6. The zero-order valence-electron chi connectivity index (χ0n) is 13.1. The number of nitro groups is 1. The van der Waals surface area contributed by atoms with Crippen LogP contribution in [0.4, 0.5) is 11.5 Å². The first-order chi connectivity index (χ1) is 10.1. The molecule has 1 N–H and O–H groups in total. The molecule has 0 atom stereocenters. The van der Waals surface area contributed by atoms with E-state index >= 15 is 0 Å². The van der Waals surface area contributed by atoms with Crippen molar-refractivity contribution in [3.63, 3.8) is 0 Å². The quantitative estimate of drug-likeness (QED) is 0.448. The molecule has 21 heavy (non-hydrogen) atoms. The van der Waals surface area contributed by atoms with Crippen molar-refractivity contribution in [2.45, 2.75) is 65.3 Å². The van der Waals surface area contributed by atoms with Gasteiger partial charge in [0, 0.05) is 13.1 Å². The number of hydrogen-bond donors (Lipinski definition) is 1. The highest BCUT2D eigenvalue weighted by molar-refractivity contribution is 5.59. The molecule has 2 rings (SSSR count). The van der Waals surface area contributed by atoms with Crippen LogP contribution < -0.4 is 5.32 Å². The Balaban J connectivity index is 1.94. The van der Waals surface area contributed by atoms with Crippen molar-refractivity contribution in [2.24, 2.45) is 5.92 Å². The van der Waals surface area contributed by atoms with Gasteiger partial charge in [0.25, 0.3) is 0 Å². The Kier molecular flexibility index (Phi) is 5.59. The van der Waals surface area contributed by atoms with Gasteiger partial charge in [-0.3, -0.25) is 10.1 Å². The second kappa shape index (κ2) is 7.43. The van der Waals surface area contributed by atoms with Gasteiger partial charge < -0.3 is 5.32 Å². The lowest BCUT2D eigenvalue weighted by molar-refractivity contribution is -0.384. The number of nitrogens with zero attached hydrogens (tertiary/aromatic N) is 3. The minimum atomic E-state index is -0.326. The van der Waals surface area contributed by atoms with Gasteiger partial charge in [-0.15, -0.1) is 0 Å². The highest BCUT2D eigenvalue weighted by Crippen LogP contribution is 2.30. The molecular weight excluding hydrogens is 268 g/mol. The molecule has 0 bridgehead atoms. The average molecular weight is 294 g/mol. The largest absolute Gasteiger partial charge is 0.365 e. The number of rotatable bonds is 8. The van der Waals surface area contributed by atoms with Crippen LogP contribution >= 0.6 is 0 Å². The van der Waals surface area contributed by atoms with Crippen molar-refractivity contribution >= 4 is 11.5 Å². The summed E-state index contributed by atoms with van der Waals surface area (Å²) in [4.78, 5) is 10.9. The Morgan fingerprint density at radius 3 is 2.76 bits per heavy atom. The lowest BCUT2D eigenvalue weighted by Gasteiger charge is -2.11. The second-order valence-corrected chi connectivity index (χ2v) is 5.98. The van der Waals surface area contributed by atoms with Gasteiger partial charge in [0.15, 0.2) is 0 Å². The number of nitrogens with one attached hydrogen (secondary N) is 1. The predicted octanol–water partition coefficient (Wildman–Crippen LogP) is 3.89. The Hall–Kier alpha value is -1.59. The third-order valence-electron chi connectivity index (χ3n) is 4.27. The van der Waals surface area contributed by atoms with E-state index in [1.165, 1.54) is 32.1 Å². The molecule has 6 heteroatoms. The molecule has 0 aliphatic heterocycles. The minimum Gasteiger partial charge on any atom is -0.365 e. The van der Waals surface area contributed by atoms with E-state index in [1.54, 1.807) is 11.6 Å². The van der Waals surface area contributed by atoms with E-state index in [1.807, 2.05) is 6.92 Å². The van der Waals surface area contributed by atoms with Gasteiger partial charge in [-0.2, -0.15) is 5.10 Å². The molecule has 6 nitrogen and oxygen atoms in total. The van der Waals surface area contributed by atoms with Crippen molar-refractivity contribution in [1.29, 1.82) is 0 Å². The average Bonchev–Trinajstić information content (AvgIpc) is 3.03. The minimum absolute atomic E-state index is 0.129. The summed E-state index contributed by atoms with van der Waals surface area (Å²) in [5, 5.41) is 18.8. The number of aryl methyl sites for hydroxylation is 2. The third kappa shape index (κ3) is 3.95. The molecule has 1 aromatic heterocycles. The molecule has 0 unspecified atom stereocenters. The maximum atomic E-state index is 11.2. The van der Waals surface area contributed by atoms with Gasteiger partial charge in [0.1, 0.15) is 5.69 Å². The van der Waals surface area contributed by atoms with Crippen molar-refractivity contribution in [3.8, 4) is 0 Å². The molecule has 0 amide bonds. The smallest absolute Gasteiger partial charge is 0.333 e. The zero-order chi connectivity index (χ0) is 15.2. The normalized spacial score (nSPS) is 15.5. The molecule has 1 saturated carbocycles. The van der Waals surface area contributed by atoms with E-state index in [0.717, 1.165) is 25.3 Å². The molecule has 0 saturated heterocycles. The first kappa shape index (κ1) is 15.8. The van der Waals surface area contributed by atoms with Crippen LogP contribution in [0.5, 0.6) is 0 Å². The SMILES string of the molecule is CCCn1nc(C)c([N+](=O)[O-])c1NCCCC1CCCC1. The van der Waals surface area contributed by atoms with Crippen LogP contribution in [0.25, 0.3) is 0 Å². The fourth-order valence-electron chi connectivity index (χ4n) is 3.24. The van der Waals surface area contributed by atoms with E-state index in [9.17, 15) is 10.1 Å². The van der Waals surface area contributed by atoms with Gasteiger partial charge in [0.05, 0.1) is 4.92 Å². The molecule has 1 aliphatic carbocycles. The van der Waals surface area contributed by atoms with Crippen LogP contribution in [0.15, 0.2) is 0 Å². The Labute approximate surface area is 126 Å². The molecule has 1 fully saturated rings. The summed E-state index contributed by atoms with van der Waals surface area (Å²) in [5.74, 6) is 1.44. The van der Waals surface area contributed by atoms with Crippen LogP contribution in [-0.2, 0) is 6.54 Å². The van der Waals surface area contributed by atoms with E-state index < -0.39 is 0 Å². The summed E-state index contributed by atoms with van der Waals surface area (Å²) >= 11 is 0. The highest BCUT2D eigenvalue weighted by Gasteiger charge is 2.24. The van der Waals surface area contributed by atoms with Gasteiger partial charge in [0.2, 0.25) is 5.82 Å². The molecule has 0 radical (unpaired) electrons. The molecular formula is C15H26N4O2. The summed E-state index contributed by atoms with van der Waals surface area (Å²) in [5.41, 5.74) is 0.621. The zero-order valence-corrected chi connectivity index (χ0v) is 13.1. The van der Waals surface area contributed by atoms with Gasteiger partial charge in [-0.25, -0.2) is 4.68 Å². The lowest BCUT2D eigenvalue weighted by atomic mass is 10.0. The standard InChI is InChI=1S/C15H26N4O2/c1-3-11-18-15(14(19(20)21)12(2)17-18)16-10-6-9-13-7-4-5-8-13/h13,16H,3-11H2,1-2H3. The predicted molar refractivity (Wildman–Crippen MR) is 83.6 cm³/mol. The summed E-state index contributed by atoms with van der Waals surface area (Å²) in [6.07, 6.45) is 8.65. The van der Waals surface area contributed by atoms with Crippen LogP contribution in [0, 0.1) is 23.0 Å². The van der Waals surface area contributed by atoms with Gasteiger partial charge in [-0.05, 0) is 32.1 Å². The molecule has 1 heterocycles. The monoisotopic (exact) mass is 294 g/mol. The van der Waals surface area contributed by atoms with E-state index in [-0.39, 0.29) is 10.6 Å². The second-order valence-electron chi connectivity index (χ2n) is 5.98. The van der Waals surface area contributed by atoms with Crippen molar-refractivity contribution in [2.75, 3.05) is 11.9 Å². The summed E-state index contributed by atoms with van der Waals surface area (Å²) in [7, 11) is 0. The third-order valence-corrected chi connectivity index (χ3v) is 4.27. The Morgan fingerprint density at radius 2 is 2.14 bits per heavy atom. The van der Waals surface area contributed by atoms with Crippen molar-refractivity contribution in [1.82, 2.24) is 9.78 Å². The first-order valence-corrected chi connectivity index (χ1v) is 8.09. The fourth-order valence-corrected chi connectivity index (χ4v) is 3.24. The van der Waals surface area contributed by atoms with Crippen LogP contribution in [0.2, 0.25) is 0 Å². The molecule has 1 aliphatic rings. The summed E-state index contributed by atoms with van der Waals surface area (Å²) in [6.45, 7) is 5.24. The van der Waals surface area contributed by atoms with Gasteiger partial charge >= 0.3 is 5.69 Å². The van der Waals surface area contributed by atoms with Crippen molar-refractivity contribution in [3.05, 3.63) is 15.8 Å². The number of hydrogen-bond acceptors (Lipinski definition) is 4. The summed E-state index contributed by atoms with van der Waals surface area (Å²) < 4.78 is 1.74. The van der Waals surface area contributed by atoms with Crippen LogP contribution in [0.1, 0.15) is 57.6 Å². The lowest BCUT2D eigenvalue weighted by Crippen LogP contribution is -2.11. The van der Waals surface area contributed by atoms with Gasteiger partial charge in [-0.1, -0.05) is 32.6 Å². The molecule has 1 aromatic rings.